The molecule has 2 N–H and O–H groups in total. The monoisotopic (exact) mass is 357 g/mol. The van der Waals surface area contributed by atoms with Crippen LogP contribution in [0.1, 0.15) is 38.3 Å². The van der Waals surface area contributed by atoms with Crippen molar-refractivity contribution in [2.24, 2.45) is 5.92 Å². The highest BCUT2D eigenvalue weighted by Gasteiger charge is 2.17. The Morgan fingerprint density at radius 1 is 1.17 bits per heavy atom. The molecule has 24 heavy (non-hydrogen) atoms. The van der Waals surface area contributed by atoms with Crippen LogP contribution in [0.4, 0.5) is 4.79 Å². The average molecular weight is 358 g/mol. The van der Waals surface area contributed by atoms with E-state index in [2.05, 4.69) is 5.32 Å². The molecule has 0 fully saturated rings. The molecule has 7 nitrogen and oxygen atoms in total. The third-order valence-electron chi connectivity index (χ3n) is 3.07. The maximum absolute atomic E-state index is 11.8. The van der Waals surface area contributed by atoms with E-state index in [1.807, 2.05) is 0 Å². The predicted octanol–water partition coefficient (Wildman–Crippen LogP) is 3.13. The van der Waals surface area contributed by atoms with Gasteiger partial charge in [0.2, 0.25) is 6.79 Å². The first-order valence-electron chi connectivity index (χ1n) is 7.36. The van der Waals surface area contributed by atoms with Gasteiger partial charge >= 0.3 is 18.0 Å². The summed E-state index contributed by atoms with van der Waals surface area (Å²) < 4.78 is 9.52. The van der Waals surface area contributed by atoms with Crippen LogP contribution in [0, 0.1) is 5.92 Å². The lowest BCUT2D eigenvalue weighted by molar-refractivity contribution is -0.155. The summed E-state index contributed by atoms with van der Waals surface area (Å²) in [5.74, 6) is -1.79. The first kappa shape index (κ1) is 19.8. The number of amides is 1. The number of hydrogen-bond acceptors (Lipinski definition) is 5. The predicted molar refractivity (Wildman–Crippen MR) is 86.5 cm³/mol. The van der Waals surface area contributed by atoms with E-state index < -0.39 is 30.9 Å². The molecule has 1 unspecified atom stereocenters. The van der Waals surface area contributed by atoms with Gasteiger partial charge in [-0.25, -0.2) is 4.79 Å². The van der Waals surface area contributed by atoms with Crippen LogP contribution in [0.25, 0.3) is 0 Å². The summed E-state index contributed by atoms with van der Waals surface area (Å²) in [4.78, 5) is 33.8. The number of carboxylic acid groups (broad SMARTS) is 1. The zero-order valence-corrected chi connectivity index (χ0v) is 14.2. The van der Waals surface area contributed by atoms with Gasteiger partial charge in [0.1, 0.15) is 0 Å². The molecule has 0 bridgehead atoms. The number of carboxylic acids is 1. The van der Waals surface area contributed by atoms with Gasteiger partial charge in [0.05, 0.1) is 12.0 Å². The number of nitrogens with one attached hydrogen (secondary N) is 1. The minimum atomic E-state index is -0.977. The van der Waals surface area contributed by atoms with Gasteiger partial charge in [0.15, 0.2) is 0 Å². The minimum Gasteiger partial charge on any atom is -0.481 e. The van der Waals surface area contributed by atoms with E-state index in [9.17, 15) is 14.4 Å². The molecule has 1 rings (SSSR count). The van der Waals surface area contributed by atoms with Crippen LogP contribution < -0.4 is 5.32 Å². The molecule has 132 valence electrons. The molecule has 8 heteroatoms. The second kappa shape index (κ2) is 9.77. The van der Waals surface area contributed by atoms with Crippen molar-refractivity contribution < 1.29 is 29.0 Å². The van der Waals surface area contributed by atoms with Gasteiger partial charge in [0, 0.05) is 11.4 Å². The van der Waals surface area contributed by atoms with Gasteiger partial charge in [-0.15, -0.1) is 0 Å². The number of benzene rings is 1. The third kappa shape index (κ3) is 7.32. The lowest BCUT2D eigenvalue weighted by atomic mass is 10.0. The molecule has 0 heterocycles. The quantitative estimate of drug-likeness (QED) is 0.547. The van der Waals surface area contributed by atoms with E-state index >= 15 is 0 Å². The molecule has 0 radical (unpaired) electrons. The fourth-order valence-corrected chi connectivity index (χ4v) is 1.90. The summed E-state index contributed by atoms with van der Waals surface area (Å²) in [6, 6.07) is 6.10. The minimum absolute atomic E-state index is 0.129. The van der Waals surface area contributed by atoms with Crippen molar-refractivity contribution in [1.82, 2.24) is 5.32 Å². The van der Waals surface area contributed by atoms with Crippen LogP contribution in [0.5, 0.6) is 0 Å². The molecule has 0 aliphatic carbocycles. The molecule has 0 aliphatic rings. The molecule has 1 atom stereocenters. The Balaban J connectivity index is 2.60. The summed E-state index contributed by atoms with van der Waals surface area (Å²) in [6.45, 7) is 2.81. The standard InChI is InChI=1S/C16H20ClNO6/c1-10(2)15(21)23-9-24-16(22)18-13(7-8-14(19)20)11-3-5-12(17)6-4-11/h3-6,10,13H,7-9H2,1-2H3,(H,18,22)(H,19,20). The number of rotatable bonds is 8. The van der Waals surface area contributed by atoms with Crippen molar-refractivity contribution in [3.8, 4) is 0 Å². The largest absolute Gasteiger partial charge is 0.481 e. The number of aliphatic carboxylic acids is 1. The lowest BCUT2D eigenvalue weighted by Gasteiger charge is -2.18. The van der Waals surface area contributed by atoms with Gasteiger partial charge < -0.3 is 19.9 Å². The normalized spacial score (nSPS) is 11.7. The van der Waals surface area contributed by atoms with Crippen molar-refractivity contribution in [2.75, 3.05) is 6.79 Å². The highest BCUT2D eigenvalue weighted by molar-refractivity contribution is 6.30. The fraction of sp³-hybridized carbons (Fsp3) is 0.438. The van der Waals surface area contributed by atoms with Gasteiger partial charge in [0.25, 0.3) is 0 Å². The number of carbonyl (C=O) groups is 3. The topological polar surface area (TPSA) is 102 Å². The zero-order valence-electron chi connectivity index (χ0n) is 13.5. The van der Waals surface area contributed by atoms with Crippen LogP contribution in [-0.4, -0.2) is 29.9 Å². The smallest absolute Gasteiger partial charge is 0.410 e. The van der Waals surface area contributed by atoms with Gasteiger partial charge in [-0.3, -0.25) is 9.59 Å². The van der Waals surface area contributed by atoms with E-state index in [1.165, 1.54) is 0 Å². The molecule has 0 spiro atoms. The van der Waals surface area contributed by atoms with Crippen LogP contribution in [0.2, 0.25) is 5.02 Å². The van der Waals surface area contributed by atoms with Crippen molar-refractivity contribution in [2.45, 2.75) is 32.7 Å². The van der Waals surface area contributed by atoms with Crippen LogP contribution in [-0.2, 0) is 19.1 Å². The Kier molecular flexibility index (Phi) is 8.05. The first-order chi connectivity index (χ1) is 11.3. The van der Waals surface area contributed by atoms with E-state index in [0.29, 0.717) is 10.6 Å². The van der Waals surface area contributed by atoms with Crippen molar-refractivity contribution in [1.29, 1.82) is 0 Å². The van der Waals surface area contributed by atoms with Gasteiger partial charge in [-0.05, 0) is 24.1 Å². The third-order valence-corrected chi connectivity index (χ3v) is 3.33. The molecular formula is C16H20ClNO6. The maximum atomic E-state index is 11.8. The number of carbonyl (C=O) groups excluding carboxylic acids is 2. The summed E-state index contributed by atoms with van der Waals surface area (Å²) in [6.07, 6.45) is -0.759. The van der Waals surface area contributed by atoms with E-state index in [0.717, 1.165) is 0 Å². The second-order valence-electron chi connectivity index (χ2n) is 5.35. The van der Waals surface area contributed by atoms with Gasteiger partial charge in [-0.1, -0.05) is 37.6 Å². The van der Waals surface area contributed by atoms with Crippen molar-refractivity contribution >= 4 is 29.6 Å². The lowest BCUT2D eigenvalue weighted by Crippen LogP contribution is -2.30. The molecular weight excluding hydrogens is 338 g/mol. The summed E-state index contributed by atoms with van der Waals surface area (Å²) >= 11 is 5.82. The van der Waals surface area contributed by atoms with E-state index in [1.54, 1.807) is 38.1 Å². The van der Waals surface area contributed by atoms with Crippen molar-refractivity contribution in [3.63, 3.8) is 0 Å². The Bertz CT molecular complexity index is 572. The van der Waals surface area contributed by atoms with Crippen LogP contribution >= 0.6 is 11.6 Å². The summed E-state index contributed by atoms with van der Waals surface area (Å²) in [7, 11) is 0. The molecule has 1 amide bonds. The van der Waals surface area contributed by atoms with Crippen LogP contribution in [0.3, 0.4) is 0 Å². The number of halogens is 1. The fourth-order valence-electron chi connectivity index (χ4n) is 1.78. The Hall–Kier alpha value is -2.28. The van der Waals surface area contributed by atoms with E-state index in [4.69, 9.17) is 26.2 Å². The van der Waals surface area contributed by atoms with E-state index in [-0.39, 0.29) is 18.8 Å². The van der Waals surface area contributed by atoms with Crippen molar-refractivity contribution in [3.05, 3.63) is 34.9 Å². The van der Waals surface area contributed by atoms with Crippen LogP contribution in [0.15, 0.2) is 24.3 Å². The molecule has 1 aromatic carbocycles. The SMILES string of the molecule is CC(C)C(=O)OCOC(=O)NC(CCC(=O)O)c1ccc(Cl)cc1. The molecule has 0 saturated carbocycles. The first-order valence-corrected chi connectivity index (χ1v) is 7.74. The highest BCUT2D eigenvalue weighted by Crippen LogP contribution is 2.21. The van der Waals surface area contributed by atoms with Gasteiger partial charge in [-0.2, -0.15) is 0 Å². The number of alkyl carbamates (subject to hydrolysis) is 1. The summed E-state index contributed by atoms with van der Waals surface area (Å²) in [5, 5.41) is 11.9. The molecule has 0 saturated heterocycles. The summed E-state index contributed by atoms with van der Waals surface area (Å²) in [5.41, 5.74) is 0.691. The second-order valence-corrected chi connectivity index (χ2v) is 5.79. The number of esters is 1. The molecule has 0 aliphatic heterocycles. The zero-order chi connectivity index (χ0) is 18.1. The highest BCUT2D eigenvalue weighted by atomic mass is 35.5. The molecule has 1 aromatic rings. The maximum Gasteiger partial charge on any atom is 0.410 e. The Morgan fingerprint density at radius 3 is 2.33 bits per heavy atom. The average Bonchev–Trinajstić information content (AvgIpc) is 2.51. The Morgan fingerprint density at radius 2 is 1.79 bits per heavy atom. The number of hydrogen-bond donors (Lipinski definition) is 2. The Labute approximate surface area is 144 Å². The number of ether oxygens (including phenoxy) is 2. The molecule has 0 aromatic heterocycles.